The molecule has 5 nitrogen and oxygen atoms in total. The van der Waals surface area contributed by atoms with Crippen molar-refractivity contribution in [2.75, 3.05) is 35.9 Å². The smallest absolute Gasteiger partial charge is 0.267 e. The van der Waals surface area contributed by atoms with Crippen molar-refractivity contribution in [1.29, 1.82) is 0 Å². The van der Waals surface area contributed by atoms with Crippen LogP contribution in [-0.4, -0.2) is 34.7 Å². The summed E-state index contributed by atoms with van der Waals surface area (Å²) in [7, 11) is -4.47. The first-order valence-corrected chi connectivity index (χ1v) is 9.34. The number of nitrogens with one attached hydrogen (secondary N) is 1. The molecule has 0 bridgehead atoms. The Bertz CT molecular complexity index is 867. The van der Waals surface area contributed by atoms with E-state index in [0.29, 0.717) is 37.0 Å². The summed E-state index contributed by atoms with van der Waals surface area (Å²) in [5.74, 6) is -2.33. The highest BCUT2D eigenvalue weighted by molar-refractivity contribution is 7.92. The summed E-state index contributed by atoms with van der Waals surface area (Å²) in [4.78, 5) is 0.837. The molecule has 0 unspecified atom stereocenters. The number of morpholine rings is 1. The quantitative estimate of drug-likeness (QED) is 0.873. The molecule has 25 heavy (non-hydrogen) atoms. The third-order valence-corrected chi connectivity index (χ3v) is 5.47. The van der Waals surface area contributed by atoms with E-state index >= 15 is 0 Å². The predicted molar refractivity (Wildman–Crippen MR) is 91.7 cm³/mol. The molecule has 3 rings (SSSR count). The lowest BCUT2D eigenvalue weighted by Gasteiger charge is -2.31. The van der Waals surface area contributed by atoms with E-state index in [4.69, 9.17) is 16.3 Å². The first-order chi connectivity index (χ1) is 11.9. The average Bonchev–Trinajstić information content (AvgIpc) is 2.55. The minimum Gasteiger partial charge on any atom is -0.378 e. The normalized spacial score (nSPS) is 15.2. The van der Waals surface area contributed by atoms with Gasteiger partial charge in [-0.3, -0.25) is 4.72 Å². The fourth-order valence-corrected chi connectivity index (χ4v) is 4.14. The van der Waals surface area contributed by atoms with Crippen LogP contribution >= 0.6 is 11.6 Å². The number of nitrogens with zero attached hydrogens (tertiary/aromatic N) is 1. The van der Waals surface area contributed by atoms with Gasteiger partial charge in [-0.25, -0.2) is 17.2 Å². The molecule has 0 spiro atoms. The Morgan fingerprint density at radius 2 is 1.64 bits per heavy atom. The van der Waals surface area contributed by atoms with Crippen molar-refractivity contribution in [1.82, 2.24) is 0 Å². The number of benzene rings is 2. The Morgan fingerprint density at radius 3 is 2.28 bits per heavy atom. The molecule has 0 radical (unpaired) electrons. The summed E-state index contributed by atoms with van der Waals surface area (Å²) in [5, 5.41) is 0.330. The number of rotatable bonds is 4. The minimum atomic E-state index is -4.47. The van der Waals surface area contributed by atoms with Gasteiger partial charge in [-0.15, -0.1) is 0 Å². The molecule has 2 aromatic carbocycles. The van der Waals surface area contributed by atoms with Crippen LogP contribution in [-0.2, 0) is 14.8 Å². The maximum atomic E-state index is 13.9. The number of ether oxygens (including phenoxy) is 1. The van der Waals surface area contributed by atoms with Gasteiger partial charge in [-0.05, 0) is 24.3 Å². The molecule has 0 saturated carbocycles. The Balaban J connectivity index is 2.02. The molecule has 9 heteroatoms. The second-order valence-electron chi connectivity index (χ2n) is 5.39. The Labute approximate surface area is 149 Å². The van der Waals surface area contributed by atoms with Crippen LogP contribution in [0, 0.1) is 11.6 Å². The molecule has 1 N–H and O–H groups in total. The van der Waals surface area contributed by atoms with E-state index in [1.54, 1.807) is 12.1 Å². The van der Waals surface area contributed by atoms with E-state index in [9.17, 15) is 17.2 Å². The van der Waals surface area contributed by atoms with Gasteiger partial charge in [0, 0.05) is 13.1 Å². The van der Waals surface area contributed by atoms with Crippen LogP contribution < -0.4 is 9.62 Å². The fourth-order valence-electron chi connectivity index (χ4n) is 2.64. The van der Waals surface area contributed by atoms with Crippen molar-refractivity contribution in [3.05, 3.63) is 53.1 Å². The maximum absolute atomic E-state index is 13.9. The van der Waals surface area contributed by atoms with Gasteiger partial charge in [-0.1, -0.05) is 23.7 Å². The summed E-state index contributed by atoms with van der Waals surface area (Å²) in [6.07, 6.45) is 0. The molecule has 1 heterocycles. The van der Waals surface area contributed by atoms with Gasteiger partial charge < -0.3 is 9.64 Å². The molecule has 0 amide bonds. The number of sulfonamides is 1. The molecule has 1 fully saturated rings. The first-order valence-electron chi connectivity index (χ1n) is 7.48. The summed E-state index contributed by atoms with van der Waals surface area (Å²) >= 11 is 6.23. The molecular formula is C16H15ClF2N2O3S. The predicted octanol–water partition coefficient (Wildman–Crippen LogP) is 3.26. The highest BCUT2D eigenvalue weighted by Crippen LogP contribution is 2.36. The molecule has 134 valence electrons. The van der Waals surface area contributed by atoms with E-state index < -0.39 is 26.6 Å². The SMILES string of the molecule is O=S(=O)(Nc1cccc(Cl)c1N1CCOCC1)c1c(F)cccc1F. The van der Waals surface area contributed by atoms with E-state index in [1.165, 1.54) is 6.07 Å². The maximum Gasteiger partial charge on any atom is 0.267 e. The molecule has 0 aliphatic carbocycles. The van der Waals surface area contributed by atoms with Crippen LogP contribution in [0.5, 0.6) is 0 Å². The lowest BCUT2D eigenvalue weighted by atomic mass is 10.2. The zero-order valence-electron chi connectivity index (χ0n) is 13.0. The summed E-state index contributed by atoms with van der Waals surface area (Å²) in [6.45, 7) is 1.98. The standard InChI is InChI=1S/C16H15ClF2N2O3S/c17-11-3-1-6-14(15(11)21-7-9-24-10-8-21)20-25(22,23)16-12(18)4-2-5-13(16)19/h1-6,20H,7-10H2. The minimum absolute atomic E-state index is 0.150. The molecular weight excluding hydrogens is 374 g/mol. The van der Waals surface area contributed by atoms with Gasteiger partial charge >= 0.3 is 0 Å². The van der Waals surface area contributed by atoms with Crippen LogP contribution in [0.4, 0.5) is 20.2 Å². The molecule has 1 aliphatic heterocycles. The average molecular weight is 389 g/mol. The van der Waals surface area contributed by atoms with Crippen LogP contribution in [0.1, 0.15) is 0 Å². The van der Waals surface area contributed by atoms with Gasteiger partial charge in [0.15, 0.2) is 4.90 Å². The molecule has 1 saturated heterocycles. The Hall–Kier alpha value is -1.90. The fraction of sp³-hybridized carbons (Fsp3) is 0.250. The van der Waals surface area contributed by atoms with Crippen LogP contribution in [0.25, 0.3) is 0 Å². The number of halogens is 3. The number of para-hydroxylation sites is 1. The molecule has 1 aliphatic rings. The van der Waals surface area contributed by atoms with Gasteiger partial charge in [0.05, 0.1) is 29.6 Å². The Morgan fingerprint density at radius 1 is 1.04 bits per heavy atom. The zero-order chi connectivity index (χ0) is 18.0. The third kappa shape index (κ3) is 3.70. The molecule has 0 aromatic heterocycles. The van der Waals surface area contributed by atoms with Gasteiger partial charge in [-0.2, -0.15) is 0 Å². The van der Waals surface area contributed by atoms with Crippen molar-refractivity contribution < 1.29 is 21.9 Å². The number of anilines is 2. The zero-order valence-corrected chi connectivity index (χ0v) is 14.6. The van der Waals surface area contributed by atoms with Crippen LogP contribution in [0.2, 0.25) is 5.02 Å². The number of hydrogen-bond donors (Lipinski definition) is 1. The second kappa shape index (κ2) is 7.15. The third-order valence-electron chi connectivity index (χ3n) is 3.75. The van der Waals surface area contributed by atoms with Gasteiger partial charge in [0.1, 0.15) is 11.6 Å². The van der Waals surface area contributed by atoms with E-state index in [2.05, 4.69) is 4.72 Å². The van der Waals surface area contributed by atoms with E-state index in [0.717, 1.165) is 18.2 Å². The van der Waals surface area contributed by atoms with Crippen molar-refractivity contribution >= 4 is 33.0 Å². The monoisotopic (exact) mass is 388 g/mol. The van der Waals surface area contributed by atoms with Crippen molar-refractivity contribution in [2.45, 2.75) is 4.90 Å². The highest BCUT2D eigenvalue weighted by atomic mass is 35.5. The molecule has 2 aromatic rings. The number of hydrogen-bond acceptors (Lipinski definition) is 4. The topological polar surface area (TPSA) is 58.6 Å². The largest absolute Gasteiger partial charge is 0.378 e. The lowest BCUT2D eigenvalue weighted by molar-refractivity contribution is 0.123. The van der Waals surface area contributed by atoms with Crippen LogP contribution in [0.15, 0.2) is 41.3 Å². The summed E-state index contributed by atoms with van der Waals surface area (Å²) in [6, 6.07) is 7.54. The van der Waals surface area contributed by atoms with Crippen molar-refractivity contribution in [3.8, 4) is 0 Å². The lowest BCUT2D eigenvalue weighted by Crippen LogP contribution is -2.37. The van der Waals surface area contributed by atoms with E-state index in [1.807, 2.05) is 4.90 Å². The van der Waals surface area contributed by atoms with E-state index in [-0.39, 0.29) is 5.69 Å². The van der Waals surface area contributed by atoms with Crippen molar-refractivity contribution in [3.63, 3.8) is 0 Å². The van der Waals surface area contributed by atoms with Crippen LogP contribution in [0.3, 0.4) is 0 Å². The molecule has 0 atom stereocenters. The van der Waals surface area contributed by atoms with Crippen molar-refractivity contribution in [2.24, 2.45) is 0 Å². The van der Waals surface area contributed by atoms with Gasteiger partial charge in [0.2, 0.25) is 0 Å². The Kier molecular flexibility index (Phi) is 5.12. The van der Waals surface area contributed by atoms with Gasteiger partial charge in [0.25, 0.3) is 10.0 Å². The summed E-state index contributed by atoms with van der Waals surface area (Å²) in [5.41, 5.74) is 0.602. The summed E-state index contributed by atoms with van der Waals surface area (Å²) < 4.78 is 60.3. The second-order valence-corrected chi connectivity index (χ2v) is 7.42. The highest BCUT2D eigenvalue weighted by Gasteiger charge is 2.26. The first kappa shape index (κ1) is 17.9.